The zero-order valence-electron chi connectivity index (χ0n) is 14.0. The molecule has 0 spiro atoms. The van der Waals surface area contributed by atoms with Crippen LogP contribution in [-0.2, 0) is 37.8 Å². The van der Waals surface area contributed by atoms with Crippen LogP contribution in [0.15, 0.2) is 35.7 Å². The Morgan fingerprint density at radius 2 is 2.04 bits per heavy atom. The molecular weight excluding hydrogens is 362 g/mol. The molecule has 1 aromatic heterocycles. The average molecular weight is 380 g/mol. The molecule has 7 heteroatoms. The maximum atomic E-state index is 12.9. The first-order valence-corrected chi connectivity index (χ1v) is 9.08. The molecule has 1 aromatic carbocycles. The fourth-order valence-electron chi connectivity index (χ4n) is 3.17. The highest BCUT2D eigenvalue weighted by Crippen LogP contribution is 2.40. The standard InChI is InChI=1S/C18H18ClNO4S/c1-12(21)24-18(17(22)23-2,14-5-3-4-6-15(14)19)20-9-7-16-13(11-20)8-10-25-16/h3-6,8,10H,7,9,11H2,1-2H3/t18-/m0/s1. The van der Waals surface area contributed by atoms with Crippen molar-refractivity contribution in [3.63, 3.8) is 0 Å². The van der Waals surface area contributed by atoms with Gasteiger partial charge < -0.3 is 9.47 Å². The Labute approximate surface area is 155 Å². The van der Waals surface area contributed by atoms with E-state index in [4.69, 9.17) is 21.1 Å². The van der Waals surface area contributed by atoms with Crippen LogP contribution >= 0.6 is 22.9 Å². The Morgan fingerprint density at radius 1 is 1.28 bits per heavy atom. The average Bonchev–Trinajstić information content (AvgIpc) is 3.07. The maximum Gasteiger partial charge on any atom is 0.371 e. The smallest absolute Gasteiger partial charge is 0.371 e. The minimum atomic E-state index is -1.71. The van der Waals surface area contributed by atoms with Gasteiger partial charge in [0.1, 0.15) is 0 Å². The number of fused-ring (bicyclic) bond motifs is 1. The van der Waals surface area contributed by atoms with Gasteiger partial charge in [-0.1, -0.05) is 29.8 Å². The van der Waals surface area contributed by atoms with Crippen LogP contribution in [0.4, 0.5) is 0 Å². The molecule has 3 rings (SSSR count). The van der Waals surface area contributed by atoms with Gasteiger partial charge in [-0.3, -0.25) is 4.79 Å². The third kappa shape index (κ3) is 3.17. The number of ether oxygens (including phenoxy) is 2. The maximum absolute atomic E-state index is 12.9. The van der Waals surface area contributed by atoms with Gasteiger partial charge in [0.05, 0.1) is 7.11 Å². The number of benzene rings is 1. The second kappa shape index (κ2) is 7.15. The summed E-state index contributed by atoms with van der Waals surface area (Å²) in [7, 11) is 1.28. The van der Waals surface area contributed by atoms with Crippen molar-refractivity contribution in [2.75, 3.05) is 13.7 Å². The Bertz CT molecular complexity index is 806. The molecular formula is C18H18ClNO4S. The fraction of sp³-hybridized carbons (Fsp3) is 0.333. The van der Waals surface area contributed by atoms with Gasteiger partial charge in [0.15, 0.2) is 0 Å². The zero-order valence-corrected chi connectivity index (χ0v) is 15.5. The van der Waals surface area contributed by atoms with E-state index in [1.54, 1.807) is 35.6 Å². The van der Waals surface area contributed by atoms with Crippen LogP contribution in [0.5, 0.6) is 0 Å². The Balaban J connectivity index is 2.15. The van der Waals surface area contributed by atoms with Crippen LogP contribution in [-0.4, -0.2) is 30.5 Å². The first kappa shape index (κ1) is 17.9. The number of thiophene rings is 1. The van der Waals surface area contributed by atoms with Crippen molar-refractivity contribution in [2.45, 2.75) is 25.6 Å². The summed E-state index contributed by atoms with van der Waals surface area (Å²) in [6, 6.07) is 8.88. The van der Waals surface area contributed by atoms with Crippen LogP contribution in [0.25, 0.3) is 0 Å². The summed E-state index contributed by atoms with van der Waals surface area (Å²) in [5.74, 6) is -1.25. The van der Waals surface area contributed by atoms with Crippen LogP contribution in [0, 0.1) is 0 Å². The molecule has 0 saturated heterocycles. The van der Waals surface area contributed by atoms with Crippen molar-refractivity contribution in [3.05, 3.63) is 56.7 Å². The minimum Gasteiger partial charge on any atom is -0.465 e. The van der Waals surface area contributed by atoms with Gasteiger partial charge in [0.2, 0.25) is 0 Å². The number of rotatable bonds is 4. The van der Waals surface area contributed by atoms with Gasteiger partial charge in [0.25, 0.3) is 5.72 Å². The molecule has 2 aromatic rings. The van der Waals surface area contributed by atoms with E-state index < -0.39 is 17.7 Å². The molecule has 0 N–H and O–H groups in total. The summed E-state index contributed by atoms with van der Waals surface area (Å²) in [4.78, 5) is 27.9. The van der Waals surface area contributed by atoms with E-state index in [9.17, 15) is 9.59 Å². The summed E-state index contributed by atoms with van der Waals surface area (Å²) in [6.07, 6.45) is 0.761. The van der Waals surface area contributed by atoms with E-state index >= 15 is 0 Å². The summed E-state index contributed by atoms with van der Waals surface area (Å²) in [5, 5.41) is 2.36. The van der Waals surface area contributed by atoms with Crippen molar-refractivity contribution in [1.82, 2.24) is 4.90 Å². The van der Waals surface area contributed by atoms with Gasteiger partial charge in [-0.05, 0) is 29.5 Å². The molecule has 0 fully saturated rings. The van der Waals surface area contributed by atoms with Crippen molar-refractivity contribution >= 4 is 34.9 Å². The summed E-state index contributed by atoms with van der Waals surface area (Å²) < 4.78 is 10.7. The lowest BCUT2D eigenvalue weighted by molar-refractivity contribution is -0.211. The van der Waals surface area contributed by atoms with E-state index in [1.165, 1.54) is 18.9 Å². The number of halogens is 1. The Kier molecular flexibility index (Phi) is 5.13. The molecule has 0 amide bonds. The summed E-state index contributed by atoms with van der Waals surface area (Å²) >= 11 is 8.06. The molecule has 0 bridgehead atoms. The predicted octanol–water partition coefficient (Wildman–Crippen LogP) is 3.35. The first-order valence-electron chi connectivity index (χ1n) is 7.82. The third-order valence-corrected chi connectivity index (χ3v) is 5.60. The lowest BCUT2D eigenvalue weighted by Gasteiger charge is -2.42. The molecule has 5 nitrogen and oxygen atoms in total. The lowest BCUT2D eigenvalue weighted by atomic mass is 9.97. The van der Waals surface area contributed by atoms with Crippen molar-refractivity contribution in [3.8, 4) is 0 Å². The summed E-state index contributed by atoms with van der Waals surface area (Å²) in [5.41, 5.74) is -0.195. The number of carbonyl (C=O) groups excluding carboxylic acids is 2. The van der Waals surface area contributed by atoms with Crippen LogP contribution in [0.1, 0.15) is 22.9 Å². The molecule has 25 heavy (non-hydrogen) atoms. The fourth-order valence-corrected chi connectivity index (χ4v) is 4.32. The minimum absolute atomic E-state index is 0.338. The SMILES string of the molecule is COC(=O)[C@@](OC(C)=O)(c1ccccc1Cl)N1CCc2sccc2C1. The first-order chi connectivity index (χ1) is 12.0. The second-order valence-corrected chi connectivity index (χ2v) is 7.16. The Hall–Kier alpha value is -1.89. The largest absolute Gasteiger partial charge is 0.465 e. The van der Waals surface area contributed by atoms with Gasteiger partial charge >= 0.3 is 11.9 Å². The van der Waals surface area contributed by atoms with E-state index in [1.807, 2.05) is 16.3 Å². The Morgan fingerprint density at radius 3 is 2.72 bits per heavy atom. The van der Waals surface area contributed by atoms with Crippen LogP contribution in [0.3, 0.4) is 0 Å². The molecule has 132 valence electrons. The predicted molar refractivity (Wildman–Crippen MR) is 95.3 cm³/mol. The molecule has 0 unspecified atom stereocenters. The highest BCUT2D eigenvalue weighted by atomic mass is 35.5. The lowest BCUT2D eigenvalue weighted by Crippen LogP contribution is -2.56. The molecule has 0 saturated carbocycles. The van der Waals surface area contributed by atoms with Gasteiger partial charge in [-0.15, -0.1) is 11.3 Å². The zero-order chi connectivity index (χ0) is 18.0. The van der Waals surface area contributed by atoms with E-state index in [-0.39, 0.29) is 0 Å². The molecule has 1 aliphatic rings. The number of hydrogen-bond donors (Lipinski definition) is 0. The summed E-state index contributed by atoms with van der Waals surface area (Å²) in [6.45, 7) is 2.28. The van der Waals surface area contributed by atoms with Crippen LogP contribution in [0.2, 0.25) is 5.02 Å². The molecule has 1 atom stereocenters. The molecule has 2 heterocycles. The molecule has 0 radical (unpaired) electrons. The third-order valence-electron chi connectivity index (χ3n) is 4.25. The number of methoxy groups -OCH3 is 1. The van der Waals surface area contributed by atoms with Gasteiger partial charge in [-0.2, -0.15) is 0 Å². The van der Waals surface area contributed by atoms with Crippen molar-refractivity contribution in [1.29, 1.82) is 0 Å². The molecule has 0 aliphatic carbocycles. The number of carbonyl (C=O) groups is 2. The van der Waals surface area contributed by atoms with E-state index in [2.05, 4.69) is 0 Å². The highest BCUT2D eigenvalue weighted by molar-refractivity contribution is 7.10. The second-order valence-electron chi connectivity index (χ2n) is 5.75. The number of esters is 2. The van der Waals surface area contributed by atoms with Gasteiger partial charge in [-0.25, -0.2) is 9.69 Å². The highest BCUT2D eigenvalue weighted by Gasteiger charge is 2.52. The van der Waals surface area contributed by atoms with Crippen molar-refractivity contribution < 1.29 is 19.1 Å². The van der Waals surface area contributed by atoms with Crippen LogP contribution < -0.4 is 0 Å². The van der Waals surface area contributed by atoms with E-state index in [0.717, 1.165) is 12.0 Å². The monoisotopic (exact) mass is 379 g/mol. The van der Waals surface area contributed by atoms with E-state index in [0.29, 0.717) is 23.7 Å². The molecule has 1 aliphatic heterocycles. The number of hydrogen-bond acceptors (Lipinski definition) is 6. The number of nitrogens with zero attached hydrogens (tertiary/aromatic N) is 1. The topological polar surface area (TPSA) is 55.8 Å². The van der Waals surface area contributed by atoms with Gasteiger partial charge in [0, 0.05) is 35.5 Å². The normalized spacial score (nSPS) is 16.6. The quantitative estimate of drug-likeness (QED) is 0.762. The van der Waals surface area contributed by atoms with Crippen molar-refractivity contribution in [2.24, 2.45) is 0 Å².